The maximum absolute atomic E-state index is 12.8. The Morgan fingerprint density at radius 2 is 1.61 bits per heavy atom. The van der Waals surface area contributed by atoms with Gasteiger partial charge in [-0.15, -0.1) is 0 Å². The van der Waals surface area contributed by atoms with E-state index < -0.39 is 17.4 Å². The molecule has 0 saturated carbocycles. The number of rotatable bonds is 6. The molecule has 0 spiro atoms. The van der Waals surface area contributed by atoms with Crippen LogP contribution in [0.2, 0.25) is 0 Å². The van der Waals surface area contributed by atoms with Gasteiger partial charge in [0.05, 0.1) is 14.2 Å². The van der Waals surface area contributed by atoms with Crippen molar-refractivity contribution in [2.45, 2.75) is 32.1 Å². The molecule has 0 heterocycles. The first-order chi connectivity index (χ1) is 13.6. The van der Waals surface area contributed by atoms with Gasteiger partial charge in [-0.05, 0) is 54.4 Å². The van der Waals surface area contributed by atoms with Crippen molar-refractivity contribution in [1.29, 1.82) is 0 Å². The Morgan fingerprint density at radius 3 is 2.25 bits per heavy atom. The lowest BCUT2D eigenvalue weighted by molar-refractivity contribution is -0.170. The van der Waals surface area contributed by atoms with Gasteiger partial charge in [0.15, 0.2) is 5.41 Å². The molecule has 28 heavy (non-hydrogen) atoms. The summed E-state index contributed by atoms with van der Waals surface area (Å²) in [4.78, 5) is 25.6. The lowest BCUT2D eigenvalue weighted by Crippen LogP contribution is -2.42. The van der Waals surface area contributed by atoms with E-state index in [1.54, 1.807) is 0 Å². The zero-order valence-electron chi connectivity index (χ0n) is 16.6. The van der Waals surface area contributed by atoms with E-state index in [9.17, 15) is 9.59 Å². The number of esters is 2. The Kier molecular flexibility index (Phi) is 5.98. The Hall–Kier alpha value is -2.88. The fourth-order valence-corrected chi connectivity index (χ4v) is 4.25. The number of hydrogen-bond acceptors (Lipinski definition) is 4. The average molecular weight is 378 g/mol. The number of allylic oxidation sites excluding steroid dienone is 2. The monoisotopic (exact) mass is 378 g/mol. The first-order valence-corrected chi connectivity index (χ1v) is 9.52. The number of hydrogen-bond donors (Lipinski definition) is 0. The SMILES string of the molecule is C/C=C/CC(CC1Cc2ccccc2-c2ccccc21)(C(=O)OC)C(=O)OC. The largest absolute Gasteiger partial charge is 0.468 e. The van der Waals surface area contributed by atoms with Gasteiger partial charge in [-0.3, -0.25) is 9.59 Å². The highest BCUT2D eigenvalue weighted by atomic mass is 16.5. The van der Waals surface area contributed by atoms with Crippen LogP contribution < -0.4 is 0 Å². The third-order valence-corrected chi connectivity index (χ3v) is 5.62. The number of fused-ring (bicyclic) bond motifs is 3. The van der Waals surface area contributed by atoms with Crippen LogP contribution in [-0.2, 0) is 25.5 Å². The molecule has 0 bridgehead atoms. The second kappa shape index (κ2) is 8.42. The third kappa shape index (κ3) is 3.47. The van der Waals surface area contributed by atoms with Crippen LogP contribution in [0.5, 0.6) is 0 Å². The summed E-state index contributed by atoms with van der Waals surface area (Å²) in [6.07, 6.45) is 5.02. The van der Waals surface area contributed by atoms with Crippen molar-refractivity contribution in [3.63, 3.8) is 0 Å². The Balaban J connectivity index is 2.08. The van der Waals surface area contributed by atoms with Crippen molar-refractivity contribution in [2.24, 2.45) is 5.41 Å². The smallest absolute Gasteiger partial charge is 0.323 e. The summed E-state index contributed by atoms with van der Waals surface area (Å²) in [5, 5.41) is 0. The summed E-state index contributed by atoms with van der Waals surface area (Å²) >= 11 is 0. The van der Waals surface area contributed by atoms with Crippen LogP contribution in [0.3, 0.4) is 0 Å². The Labute approximate surface area is 166 Å². The molecule has 146 valence electrons. The lowest BCUT2D eigenvalue weighted by atomic mass is 9.69. The molecule has 4 nitrogen and oxygen atoms in total. The molecule has 4 heteroatoms. The summed E-state index contributed by atoms with van der Waals surface area (Å²) in [5.41, 5.74) is 3.38. The highest BCUT2D eigenvalue weighted by molar-refractivity contribution is 6.00. The molecule has 0 saturated heterocycles. The van der Waals surface area contributed by atoms with E-state index >= 15 is 0 Å². The minimum atomic E-state index is -1.36. The van der Waals surface area contributed by atoms with Crippen LogP contribution in [0.15, 0.2) is 60.7 Å². The number of ether oxygens (including phenoxy) is 2. The molecule has 0 amide bonds. The molecule has 1 aliphatic carbocycles. The molecule has 0 aromatic heterocycles. The van der Waals surface area contributed by atoms with Crippen LogP contribution >= 0.6 is 0 Å². The molecule has 1 unspecified atom stereocenters. The fourth-order valence-electron chi connectivity index (χ4n) is 4.25. The summed E-state index contributed by atoms with van der Waals surface area (Å²) in [6.45, 7) is 1.87. The molecule has 0 aliphatic heterocycles. The van der Waals surface area contributed by atoms with Gasteiger partial charge in [0.1, 0.15) is 0 Å². The molecule has 0 fully saturated rings. The van der Waals surface area contributed by atoms with E-state index in [4.69, 9.17) is 9.47 Å². The van der Waals surface area contributed by atoms with Gasteiger partial charge in [-0.2, -0.15) is 0 Å². The minimum Gasteiger partial charge on any atom is -0.468 e. The third-order valence-electron chi connectivity index (χ3n) is 5.62. The van der Waals surface area contributed by atoms with E-state index in [1.807, 2.05) is 43.3 Å². The maximum atomic E-state index is 12.8. The maximum Gasteiger partial charge on any atom is 0.323 e. The zero-order valence-corrected chi connectivity index (χ0v) is 16.6. The van der Waals surface area contributed by atoms with Crippen molar-refractivity contribution < 1.29 is 19.1 Å². The second-order valence-electron chi connectivity index (χ2n) is 7.19. The molecule has 1 aliphatic rings. The van der Waals surface area contributed by atoms with Crippen LogP contribution in [0, 0.1) is 5.41 Å². The Morgan fingerprint density at radius 1 is 1.00 bits per heavy atom. The molecule has 3 rings (SSSR count). The van der Waals surface area contributed by atoms with E-state index in [0.717, 1.165) is 17.5 Å². The van der Waals surface area contributed by atoms with Crippen molar-refractivity contribution in [3.05, 3.63) is 71.8 Å². The molecule has 2 aromatic carbocycles. The van der Waals surface area contributed by atoms with E-state index in [1.165, 1.54) is 25.3 Å². The van der Waals surface area contributed by atoms with Gasteiger partial charge in [0, 0.05) is 0 Å². The van der Waals surface area contributed by atoms with Crippen molar-refractivity contribution in [2.75, 3.05) is 14.2 Å². The van der Waals surface area contributed by atoms with Gasteiger partial charge in [0.25, 0.3) is 0 Å². The number of methoxy groups -OCH3 is 2. The molecule has 1 atom stereocenters. The van der Waals surface area contributed by atoms with E-state index in [0.29, 0.717) is 6.42 Å². The zero-order chi connectivity index (χ0) is 20.1. The van der Waals surface area contributed by atoms with E-state index in [-0.39, 0.29) is 12.3 Å². The van der Waals surface area contributed by atoms with Gasteiger partial charge >= 0.3 is 11.9 Å². The number of carbonyl (C=O) groups excluding carboxylic acids is 2. The normalized spacial score (nSPS) is 15.6. The standard InChI is InChI=1S/C24H26O4/c1-4-5-14-24(22(25)27-2,23(26)28-3)16-18-15-17-10-6-7-11-19(17)21-13-9-8-12-20(18)21/h4-13,18H,14-16H2,1-3H3/b5-4+. The summed E-state index contributed by atoms with van der Waals surface area (Å²) in [6, 6.07) is 16.5. The van der Waals surface area contributed by atoms with Crippen LogP contribution in [0.4, 0.5) is 0 Å². The van der Waals surface area contributed by atoms with Crippen molar-refractivity contribution in [3.8, 4) is 11.1 Å². The highest BCUT2D eigenvalue weighted by Gasteiger charge is 2.49. The molecule has 0 N–H and O–H groups in total. The summed E-state index contributed by atoms with van der Waals surface area (Å²) < 4.78 is 10.1. The van der Waals surface area contributed by atoms with Crippen molar-refractivity contribution >= 4 is 11.9 Å². The van der Waals surface area contributed by atoms with Gasteiger partial charge in [0.2, 0.25) is 0 Å². The van der Waals surface area contributed by atoms with Crippen LogP contribution in [0.1, 0.15) is 36.8 Å². The van der Waals surface area contributed by atoms with E-state index in [2.05, 4.69) is 24.3 Å². The number of benzene rings is 2. The number of carbonyl (C=O) groups is 2. The van der Waals surface area contributed by atoms with Crippen LogP contribution in [0.25, 0.3) is 11.1 Å². The highest BCUT2D eigenvalue weighted by Crippen LogP contribution is 2.46. The topological polar surface area (TPSA) is 52.6 Å². The Bertz CT molecular complexity index is 881. The van der Waals surface area contributed by atoms with Crippen LogP contribution in [-0.4, -0.2) is 26.2 Å². The molecular formula is C24H26O4. The lowest BCUT2D eigenvalue weighted by Gasteiger charge is -2.34. The summed E-state index contributed by atoms with van der Waals surface area (Å²) in [7, 11) is 2.64. The second-order valence-corrected chi connectivity index (χ2v) is 7.19. The average Bonchev–Trinajstić information content (AvgIpc) is 2.75. The first-order valence-electron chi connectivity index (χ1n) is 9.52. The summed E-state index contributed by atoms with van der Waals surface area (Å²) in [5.74, 6) is -1.09. The van der Waals surface area contributed by atoms with Crippen molar-refractivity contribution in [1.82, 2.24) is 0 Å². The fraction of sp³-hybridized carbons (Fsp3) is 0.333. The molecular weight excluding hydrogens is 352 g/mol. The minimum absolute atomic E-state index is 0.00885. The predicted octanol–water partition coefficient (Wildman–Crippen LogP) is 4.68. The molecule has 0 radical (unpaired) electrons. The quantitative estimate of drug-likeness (QED) is 0.416. The van der Waals surface area contributed by atoms with Gasteiger partial charge in [-0.25, -0.2) is 0 Å². The predicted molar refractivity (Wildman–Crippen MR) is 109 cm³/mol. The van der Waals surface area contributed by atoms with Gasteiger partial charge < -0.3 is 9.47 Å². The van der Waals surface area contributed by atoms with Gasteiger partial charge in [-0.1, -0.05) is 60.7 Å². The first kappa shape index (κ1) is 19.9. The molecule has 2 aromatic rings.